The minimum absolute atomic E-state index is 0.00204. The number of carbonyl (C=O) groups is 2. The quantitative estimate of drug-likeness (QED) is 0.763. The molecule has 3 heterocycles. The van der Waals surface area contributed by atoms with Crippen molar-refractivity contribution in [2.75, 3.05) is 42.5 Å². The van der Waals surface area contributed by atoms with Gasteiger partial charge in [-0.15, -0.1) is 0 Å². The zero-order chi connectivity index (χ0) is 18.8. The van der Waals surface area contributed by atoms with E-state index in [-0.39, 0.29) is 11.8 Å². The molecule has 4 rings (SSSR count). The molecule has 0 radical (unpaired) electrons. The molecule has 0 spiro atoms. The summed E-state index contributed by atoms with van der Waals surface area (Å²) < 4.78 is 0. The van der Waals surface area contributed by atoms with Crippen LogP contribution in [-0.2, 0) is 4.79 Å². The number of benzene rings is 1. The molecule has 2 fully saturated rings. The molecule has 0 bridgehead atoms. The van der Waals surface area contributed by atoms with Crippen LogP contribution in [0.2, 0.25) is 5.15 Å². The average Bonchev–Trinajstić information content (AvgIpc) is 3.13. The van der Waals surface area contributed by atoms with Crippen molar-refractivity contribution in [3.05, 3.63) is 53.2 Å². The highest BCUT2D eigenvalue weighted by Crippen LogP contribution is 2.23. The number of hydrogen-bond acceptors (Lipinski definition) is 4. The summed E-state index contributed by atoms with van der Waals surface area (Å²) in [6.07, 6.45) is 1.45. The summed E-state index contributed by atoms with van der Waals surface area (Å²) in [4.78, 5) is 35.0. The molecular weight excluding hydrogens is 364 g/mol. The molecule has 2 saturated heterocycles. The number of carbonyl (C=O) groups excluding carboxylic acids is 2. The maximum atomic E-state index is 12.9. The third-order valence-corrected chi connectivity index (χ3v) is 5.28. The van der Waals surface area contributed by atoms with Crippen LogP contribution in [0.1, 0.15) is 23.2 Å². The number of amides is 2. The molecule has 0 saturated carbocycles. The molecule has 6 nitrogen and oxygen atoms in total. The van der Waals surface area contributed by atoms with Crippen molar-refractivity contribution in [3.8, 4) is 0 Å². The summed E-state index contributed by atoms with van der Waals surface area (Å²) in [5, 5.41) is 0.472. The summed E-state index contributed by atoms with van der Waals surface area (Å²) >= 11 is 5.97. The Bertz CT molecular complexity index is 865. The number of hydrogen-bond donors (Lipinski definition) is 0. The van der Waals surface area contributed by atoms with Crippen molar-refractivity contribution in [2.24, 2.45) is 0 Å². The summed E-state index contributed by atoms with van der Waals surface area (Å²) in [7, 11) is 0. The maximum Gasteiger partial charge on any atom is 0.254 e. The molecule has 0 N–H and O–H groups in total. The van der Waals surface area contributed by atoms with Gasteiger partial charge in [0.15, 0.2) is 0 Å². The van der Waals surface area contributed by atoms with Crippen molar-refractivity contribution in [1.29, 1.82) is 0 Å². The van der Waals surface area contributed by atoms with Gasteiger partial charge in [0.05, 0.1) is 0 Å². The van der Waals surface area contributed by atoms with Gasteiger partial charge in [0.2, 0.25) is 5.91 Å². The van der Waals surface area contributed by atoms with Crippen LogP contribution in [0.4, 0.5) is 11.5 Å². The zero-order valence-corrected chi connectivity index (χ0v) is 15.7. The fraction of sp³-hybridized carbons (Fsp3) is 0.350. The van der Waals surface area contributed by atoms with E-state index in [2.05, 4.69) is 9.88 Å². The van der Waals surface area contributed by atoms with E-state index >= 15 is 0 Å². The predicted molar refractivity (Wildman–Crippen MR) is 105 cm³/mol. The van der Waals surface area contributed by atoms with Gasteiger partial charge >= 0.3 is 0 Å². The number of pyridine rings is 1. The number of piperazine rings is 1. The Labute approximate surface area is 163 Å². The van der Waals surface area contributed by atoms with Gasteiger partial charge in [-0.1, -0.05) is 23.7 Å². The lowest BCUT2D eigenvalue weighted by Gasteiger charge is -2.35. The molecule has 27 heavy (non-hydrogen) atoms. The first-order valence-corrected chi connectivity index (χ1v) is 9.57. The van der Waals surface area contributed by atoms with Crippen LogP contribution in [-0.4, -0.2) is 54.4 Å². The third-order valence-electron chi connectivity index (χ3n) is 5.07. The monoisotopic (exact) mass is 384 g/mol. The lowest BCUT2D eigenvalue weighted by molar-refractivity contribution is -0.117. The van der Waals surface area contributed by atoms with Crippen LogP contribution in [0, 0.1) is 0 Å². The second-order valence-electron chi connectivity index (χ2n) is 6.80. The fourth-order valence-corrected chi connectivity index (χ4v) is 3.78. The van der Waals surface area contributed by atoms with E-state index in [9.17, 15) is 9.59 Å². The second kappa shape index (κ2) is 7.56. The highest BCUT2D eigenvalue weighted by atomic mass is 35.5. The summed E-state index contributed by atoms with van der Waals surface area (Å²) in [6, 6.07) is 13.0. The van der Waals surface area contributed by atoms with Gasteiger partial charge in [0.25, 0.3) is 5.91 Å². The van der Waals surface area contributed by atoms with Gasteiger partial charge in [-0.2, -0.15) is 0 Å². The van der Waals surface area contributed by atoms with Gasteiger partial charge in [0, 0.05) is 50.4 Å². The molecule has 0 atom stereocenters. The van der Waals surface area contributed by atoms with Crippen molar-refractivity contribution >= 4 is 34.9 Å². The van der Waals surface area contributed by atoms with E-state index in [1.165, 1.54) is 0 Å². The molecule has 0 unspecified atom stereocenters. The van der Waals surface area contributed by atoms with Crippen molar-refractivity contribution in [1.82, 2.24) is 9.88 Å². The lowest BCUT2D eigenvalue weighted by atomic mass is 10.1. The molecule has 7 heteroatoms. The molecule has 140 valence electrons. The number of aromatic nitrogens is 1. The Balaban J connectivity index is 1.43. The Morgan fingerprint density at radius 1 is 1.00 bits per heavy atom. The average molecular weight is 385 g/mol. The van der Waals surface area contributed by atoms with E-state index in [4.69, 9.17) is 11.6 Å². The van der Waals surface area contributed by atoms with Crippen molar-refractivity contribution < 1.29 is 9.59 Å². The van der Waals surface area contributed by atoms with Gasteiger partial charge < -0.3 is 14.7 Å². The Hall–Kier alpha value is -2.60. The minimum atomic E-state index is 0.00204. The van der Waals surface area contributed by atoms with Gasteiger partial charge in [-0.05, 0) is 36.8 Å². The van der Waals surface area contributed by atoms with E-state index in [0.717, 1.165) is 24.5 Å². The van der Waals surface area contributed by atoms with Gasteiger partial charge in [-0.3, -0.25) is 9.59 Å². The molecule has 1 aromatic heterocycles. The van der Waals surface area contributed by atoms with Crippen molar-refractivity contribution in [2.45, 2.75) is 12.8 Å². The van der Waals surface area contributed by atoms with Crippen LogP contribution >= 0.6 is 11.6 Å². The Morgan fingerprint density at radius 2 is 1.78 bits per heavy atom. The van der Waals surface area contributed by atoms with Crippen LogP contribution in [0.5, 0.6) is 0 Å². The Kier molecular flexibility index (Phi) is 4.99. The van der Waals surface area contributed by atoms with E-state index in [0.29, 0.717) is 43.3 Å². The summed E-state index contributed by atoms with van der Waals surface area (Å²) in [5.41, 5.74) is 1.44. The maximum absolute atomic E-state index is 12.9. The fourth-order valence-electron chi connectivity index (χ4n) is 3.62. The topological polar surface area (TPSA) is 56.8 Å². The lowest BCUT2D eigenvalue weighted by Crippen LogP contribution is -2.49. The van der Waals surface area contributed by atoms with E-state index < -0.39 is 0 Å². The largest absolute Gasteiger partial charge is 0.353 e. The number of halogens is 1. The van der Waals surface area contributed by atoms with Gasteiger partial charge in [-0.25, -0.2) is 4.98 Å². The summed E-state index contributed by atoms with van der Waals surface area (Å²) in [6.45, 7) is 3.40. The molecule has 2 aliphatic heterocycles. The first-order chi connectivity index (χ1) is 13.1. The standard InChI is InChI=1S/C20H21ClN4O2/c21-17-6-2-7-18(22-17)23-10-12-24(13-11-23)20(27)15-4-1-5-16(14-15)25-9-3-8-19(25)26/h1-2,4-7,14H,3,8-13H2. The number of nitrogens with zero attached hydrogens (tertiary/aromatic N) is 4. The molecule has 1 aromatic carbocycles. The number of anilines is 2. The SMILES string of the molecule is O=C(c1cccc(N2CCCC2=O)c1)N1CCN(c2cccc(Cl)n2)CC1. The molecule has 2 aromatic rings. The normalized spacial score (nSPS) is 17.5. The van der Waals surface area contributed by atoms with Crippen LogP contribution in [0.15, 0.2) is 42.5 Å². The highest BCUT2D eigenvalue weighted by Gasteiger charge is 2.25. The third kappa shape index (κ3) is 3.76. The number of rotatable bonds is 3. The molecular formula is C20H21ClN4O2. The molecule has 0 aliphatic carbocycles. The smallest absolute Gasteiger partial charge is 0.254 e. The van der Waals surface area contributed by atoms with Crippen LogP contribution < -0.4 is 9.80 Å². The minimum Gasteiger partial charge on any atom is -0.353 e. The second-order valence-corrected chi connectivity index (χ2v) is 7.18. The first kappa shape index (κ1) is 17.8. The Morgan fingerprint density at radius 3 is 2.48 bits per heavy atom. The zero-order valence-electron chi connectivity index (χ0n) is 15.0. The predicted octanol–water partition coefficient (Wildman–Crippen LogP) is 2.82. The van der Waals surface area contributed by atoms with E-state index in [1.54, 1.807) is 11.0 Å². The van der Waals surface area contributed by atoms with E-state index in [1.807, 2.05) is 41.3 Å². The van der Waals surface area contributed by atoms with Crippen molar-refractivity contribution in [3.63, 3.8) is 0 Å². The van der Waals surface area contributed by atoms with Crippen LogP contribution in [0.25, 0.3) is 0 Å². The molecule has 2 amide bonds. The van der Waals surface area contributed by atoms with Gasteiger partial charge in [0.1, 0.15) is 11.0 Å². The first-order valence-electron chi connectivity index (χ1n) is 9.19. The highest BCUT2D eigenvalue weighted by molar-refractivity contribution is 6.29. The molecule has 2 aliphatic rings. The summed E-state index contributed by atoms with van der Waals surface area (Å²) in [5.74, 6) is 0.966. The van der Waals surface area contributed by atoms with Crippen LogP contribution in [0.3, 0.4) is 0 Å².